The number of nitro benzene ring substituents is 1. The first-order valence-electron chi connectivity index (χ1n) is 5.76. The van der Waals surface area contributed by atoms with Crippen LogP contribution in [0, 0.1) is 10.1 Å². The molecule has 0 aliphatic rings. The molecule has 1 unspecified atom stereocenters. The number of para-hydroxylation sites is 1. The summed E-state index contributed by atoms with van der Waals surface area (Å²) in [5.74, 6) is -0.377. The minimum atomic E-state index is -0.527. The van der Waals surface area contributed by atoms with Crippen molar-refractivity contribution in [1.82, 2.24) is 5.32 Å². The van der Waals surface area contributed by atoms with Crippen molar-refractivity contribution in [3.8, 4) is 0 Å². The van der Waals surface area contributed by atoms with E-state index in [4.69, 9.17) is 4.74 Å². The number of benzene rings is 1. The number of carbonyl (C=O) groups is 1. The predicted molar refractivity (Wildman–Crippen MR) is 71.4 cm³/mol. The Morgan fingerprint density at radius 3 is 2.74 bits per heavy atom. The zero-order valence-corrected chi connectivity index (χ0v) is 11.1. The number of nitro groups is 1. The van der Waals surface area contributed by atoms with Gasteiger partial charge in [0.15, 0.2) is 0 Å². The lowest BCUT2D eigenvalue weighted by molar-refractivity contribution is -0.384. The first-order valence-corrected chi connectivity index (χ1v) is 5.76. The molecule has 1 rings (SSSR count). The van der Waals surface area contributed by atoms with E-state index in [1.54, 1.807) is 6.92 Å². The van der Waals surface area contributed by atoms with Crippen LogP contribution in [0.4, 0.5) is 11.4 Å². The Balaban J connectivity index is 3.03. The second kappa shape index (κ2) is 6.69. The Bertz CT molecular complexity index is 476. The van der Waals surface area contributed by atoms with Crippen LogP contribution in [0.2, 0.25) is 0 Å². The molecule has 1 aromatic carbocycles. The lowest BCUT2D eigenvalue weighted by Crippen LogP contribution is -2.36. The molecule has 2 N–H and O–H groups in total. The van der Waals surface area contributed by atoms with Gasteiger partial charge in [-0.3, -0.25) is 14.9 Å². The van der Waals surface area contributed by atoms with Gasteiger partial charge in [-0.2, -0.15) is 0 Å². The number of amides is 1. The van der Waals surface area contributed by atoms with Gasteiger partial charge in [0.2, 0.25) is 0 Å². The summed E-state index contributed by atoms with van der Waals surface area (Å²) < 4.78 is 4.92. The molecule has 0 aliphatic carbocycles. The fourth-order valence-corrected chi connectivity index (χ4v) is 1.74. The topological polar surface area (TPSA) is 93.5 Å². The van der Waals surface area contributed by atoms with E-state index in [0.29, 0.717) is 6.61 Å². The van der Waals surface area contributed by atoms with Gasteiger partial charge >= 0.3 is 0 Å². The van der Waals surface area contributed by atoms with Crippen molar-refractivity contribution in [2.75, 3.05) is 26.1 Å². The van der Waals surface area contributed by atoms with Crippen molar-refractivity contribution in [2.45, 2.75) is 13.0 Å². The quantitative estimate of drug-likeness (QED) is 0.600. The van der Waals surface area contributed by atoms with Crippen molar-refractivity contribution in [3.63, 3.8) is 0 Å². The van der Waals surface area contributed by atoms with E-state index in [9.17, 15) is 14.9 Å². The molecule has 1 aromatic rings. The number of anilines is 1. The highest BCUT2D eigenvalue weighted by molar-refractivity contribution is 6.01. The Kier molecular flexibility index (Phi) is 5.25. The Morgan fingerprint density at radius 2 is 2.21 bits per heavy atom. The number of hydrogen-bond donors (Lipinski definition) is 2. The maximum absolute atomic E-state index is 12.1. The third kappa shape index (κ3) is 3.65. The second-order valence-corrected chi connectivity index (χ2v) is 4.04. The first kappa shape index (κ1) is 14.9. The molecule has 0 radical (unpaired) electrons. The molecule has 1 amide bonds. The van der Waals surface area contributed by atoms with Gasteiger partial charge in [-0.05, 0) is 13.0 Å². The molecule has 0 fully saturated rings. The fraction of sp³-hybridized carbons (Fsp3) is 0.417. The van der Waals surface area contributed by atoms with Crippen LogP contribution in [0.1, 0.15) is 17.3 Å². The van der Waals surface area contributed by atoms with Crippen LogP contribution in [0.15, 0.2) is 18.2 Å². The molecule has 104 valence electrons. The van der Waals surface area contributed by atoms with E-state index >= 15 is 0 Å². The van der Waals surface area contributed by atoms with E-state index in [1.165, 1.54) is 32.4 Å². The molecular weight excluding hydrogens is 250 g/mol. The lowest BCUT2D eigenvalue weighted by atomic mass is 10.1. The number of rotatable bonds is 6. The number of nitrogens with one attached hydrogen (secondary N) is 2. The number of carbonyl (C=O) groups excluding carboxylic acids is 1. The molecule has 0 bridgehead atoms. The van der Waals surface area contributed by atoms with Crippen LogP contribution in [-0.2, 0) is 4.74 Å². The number of ether oxygens (including phenoxy) is 1. The van der Waals surface area contributed by atoms with Crippen LogP contribution >= 0.6 is 0 Å². The third-order valence-electron chi connectivity index (χ3n) is 2.53. The summed E-state index contributed by atoms with van der Waals surface area (Å²) in [5, 5.41) is 16.3. The van der Waals surface area contributed by atoms with E-state index in [0.717, 1.165) is 0 Å². The van der Waals surface area contributed by atoms with Gasteiger partial charge in [-0.15, -0.1) is 0 Å². The van der Waals surface area contributed by atoms with Gasteiger partial charge in [0.25, 0.3) is 11.6 Å². The summed E-state index contributed by atoms with van der Waals surface area (Å²) in [6.07, 6.45) is 0. The number of nitrogens with zero attached hydrogens (tertiary/aromatic N) is 1. The lowest BCUT2D eigenvalue weighted by Gasteiger charge is -2.14. The summed E-state index contributed by atoms with van der Waals surface area (Å²) >= 11 is 0. The molecule has 0 saturated carbocycles. The van der Waals surface area contributed by atoms with Crippen molar-refractivity contribution in [2.24, 2.45) is 0 Å². The monoisotopic (exact) mass is 267 g/mol. The van der Waals surface area contributed by atoms with Crippen LogP contribution in [-0.4, -0.2) is 37.6 Å². The van der Waals surface area contributed by atoms with Gasteiger partial charge in [0.1, 0.15) is 5.69 Å². The molecule has 0 aromatic heterocycles. The molecule has 7 nitrogen and oxygen atoms in total. The van der Waals surface area contributed by atoms with Crippen LogP contribution in [0.3, 0.4) is 0 Å². The molecule has 0 heterocycles. The van der Waals surface area contributed by atoms with Gasteiger partial charge < -0.3 is 15.4 Å². The largest absolute Gasteiger partial charge is 0.383 e. The fourth-order valence-electron chi connectivity index (χ4n) is 1.74. The van der Waals surface area contributed by atoms with Crippen molar-refractivity contribution in [3.05, 3.63) is 33.9 Å². The van der Waals surface area contributed by atoms with Gasteiger partial charge in [-0.1, -0.05) is 6.07 Å². The SMILES string of the molecule is CNc1c(C(=O)NC(C)COC)cccc1[N+](=O)[O-]. The van der Waals surface area contributed by atoms with E-state index in [1.807, 2.05) is 0 Å². The summed E-state index contributed by atoms with van der Waals surface area (Å²) in [4.78, 5) is 22.4. The summed E-state index contributed by atoms with van der Waals surface area (Å²) in [6, 6.07) is 4.19. The van der Waals surface area contributed by atoms with E-state index in [-0.39, 0.29) is 28.9 Å². The van der Waals surface area contributed by atoms with E-state index in [2.05, 4.69) is 10.6 Å². The molecular formula is C12H17N3O4. The molecule has 7 heteroatoms. The van der Waals surface area contributed by atoms with Gasteiger partial charge in [0, 0.05) is 26.3 Å². The first-order chi connectivity index (χ1) is 9.01. The highest BCUT2D eigenvalue weighted by Crippen LogP contribution is 2.27. The maximum atomic E-state index is 12.1. The average molecular weight is 267 g/mol. The minimum Gasteiger partial charge on any atom is -0.383 e. The Morgan fingerprint density at radius 1 is 1.53 bits per heavy atom. The van der Waals surface area contributed by atoms with Crippen LogP contribution in [0.5, 0.6) is 0 Å². The van der Waals surface area contributed by atoms with Gasteiger partial charge in [-0.25, -0.2) is 0 Å². The van der Waals surface area contributed by atoms with E-state index < -0.39 is 4.92 Å². The zero-order chi connectivity index (χ0) is 14.4. The second-order valence-electron chi connectivity index (χ2n) is 4.04. The Labute approximate surface area is 111 Å². The third-order valence-corrected chi connectivity index (χ3v) is 2.53. The van der Waals surface area contributed by atoms with Crippen LogP contribution < -0.4 is 10.6 Å². The highest BCUT2D eigenvalue weighted by Gasteiger charge is 2.21. The maximum Gasteiger partial charge on any atom is 0.293 e. The molecule has 0 saturated heterocycles. The van der Waals surface area contributed by atoms with Crippen molar-refractivity contribution >= 4 is 17.3 Å². The standard InChI is InChI=1S/C12H17N3O4/c1-8(7-19-3)14-12(16)9-5-4-6-10(15(17)18)11(9)13-2/h4-6,8,13H,7H2,1-3H3,(H,14,16). The predicted octanol–water partition coefficient (Wildman–Crippen LogP) is 1.40. The summed E-state index contributed by atoms with van der Waals surface area (Å²) in [6.45, 7) is 2.16. The number of hydrogen-bond acceptors (Lipinski definition) is 5. The van der Waals surface area contributed by atoms with Crippen LogP contribution in [0.25, 0.3) is 0 Å². The smallest absolute Gasteiger partial charge is 0.293 e. The molecule has 0 aliphatic heterocycles. The summed E-state index contributed by atoms with van der Waals surface area (Å²) in [5.41, 5.74) is 0.309. The molecule has 19 heavy (non-hydrogen) atoms. The van der Waals surface area contributed by atoms with Crippen molar-refractivity contribution in [1.29, 1.82) is 0 Å². The highest BCUT2D eigenvalue weighted by atomic mass is 16.6. The molecule has 1 atom stereocenters. The van der Waals surface area contributed by atoms with Gasteiger partial charge in [0.05, 0.1) is 17.1 Å². The minimum absolute atomic E-state index is 0.130. The summed E-state index contributed by atoms with van der Waals surface area (Å²) in [7, 11) is 3.08. The zero-order valence-electron chi connectivity index (χ0n) is 11.1. The van der Waals surface area contributed by atoms with Crippen molar-refractivity contribution < 1.29 is 14.5 Å². The molecule has 0 spiro atoms. The normalized spacial score (nSPS) is 11.7. The Hall–Kier alpha value is -2.15. The number of methoxy groups -OCH3 is 1. The average Bonchev–Trinajstić information content (AvgIpc) is 2.37.